The Bertz CT molecular complexity index is 268. The van der Waals surface area contributed by atoms with Crippen LogP contribution in [0.4, 0.5) is 16.0 Å². The highest BCUT2D eigenvalue weighted by molar-refractivity contribution is 5.47. The van der Waals surface area contributed by atoms with E-state index in [9.17, 15) is 4.39 Å². The summed E-state index contributed by atoms with van der Waals surface area (Å²) in [7, 11) is 1.79. The van der Waals surface area contributed by atoms with Crippen LogP contribution < -0.4 is 10.6 Å². The molecule has 0 fully saturated rings. The number of aryl methyl sites for hydroxylation is 1. The molecule has 2 N–H and O–H groups in total. The number of alkyl halides is 1. The van der Waals surface area contributed by atoms with E-state index < -0.39 is 6.67 Å². The van der Waals surface area contributed by atoms with E-state index in [2.05, 4.69) is 20.6 Å². The molecule has 1 aromatic heterocycles. The van der Waals surface area contributed by atoms with E-state index in [-0.39, 0.29) is 6.54 Å². The number of anilines is 2. The Hall–Kier alpha value is -1.39. The molecule has 78 valence electrons. The fraction of sp³-hybridized carbons (Fsp3) is 0.556. The summed E-state index contributed by atoms with van der Waals surface area (Å²) in [6.45, 7) is 1.86. The zero-order valence-electron chi connectivity index (χ0n) is 8.47. The van der Waals surface area contributed by atoms with Gasteiger partial charge in [-0.25, -0.2) is 14.4 Å². The van der Waals surface area contributed by atoms with Crippen LogP contribution in [0.15, 0.2) is 6.07 Å². The lowest BCUT2D eigenvalue weighted by Crippen LogP contribution is -2.08. The first kappa shape index (κ1) is 10.7. The van der Waals surface area contributed by atoms with Gasteiger partial charge in [0.05, 0.1) is 0 Å². The average molecular weight is 198 g/mol. The molecule has 0 aliphatic carbocycles. The van der Waals surface area contributed by atoms with Crippen molar-refractivity contribution < 1.29 is 4.39 Å². The minimum Gasteiger partial charge on any atom is -0.373 e. The Morgan fingerprint density at radius 1 is 1.36 bits per heavy atom. The van der Waals surface area contributed by atoms with E-state index in [0.717, 1.165) is 18.1 Å². The second kappa shape index (κ2) is 5.36. The summed E-state index contributed by atoms with van der Waals surface area (Å²) in [5.74, 6) is 2.16. The van der Waals surface area contributed by atoms with Crippen molar-refractivity contribution >= 4 is 11.6 Å². The van der Waals surface area contributed by atoms with Gasteiger partial charge in [0.1, 0.15) is 24.1 Å². The molecule has 0 atom stereocenters. The summed E-state index contributed by atoms with van der Waals surface area (Å²) in [6, 6.07) is 1.76. The number of halogens is 1. The second-order valence-corrected chi connectivity index (χ2v) is 2.77. The minimum absolute atomic E-state index is 0.281. The highest BCUT2D eigenvalue weighted by Gasteiger charge is 2.01. The molecule has 0 saturated heterocycles. The Labute approximate surface area is 83.0 Å². The zero-order chi connectivity index (χ0) is 10.4. The lowest BCUT2D eigenvalue weighted by atomic mass is 10.4. The third-order valence-electron chi connectivity index (χ3n) is 1.75. The SMILES string of the molecule is CCc1nc(NC)cc(NCCF)n1. The molecule has 1 rings (SSSR count). The second-order valence-electron chi connectivity index (χ2n) is 2.77. The molecule has 0 spiro atoms. The maximum absolute atomic E-state index is 11.9. The molecule has 14 heavy (non-hydrogen) atoms. The van der Waals surface area contributed by atoms with E-state index in [4.69, 9.17) is 0 Å². The van der Waals surface area contributed by atoms with Crippen LogP contribution >= 0.6 is 0 Å². The molecule has 5 heteroatoms. The van der Waals surface area contributed by atoms with Gasteiger partial charge in [0.25, 0.3) is 0 Å². The van der Waals surface area contributed by atoms with Crippen LogP contribution in [0.1, 0.15) is 12.7 Å². The van der Waals surface area contributed by atoms with Gasteiger partial charge in [0.2, 0.25) is 0 Å². The summed E-state index contributed by atoms with van der Waals surface area (Å²) < 4.78 is 11.9. The van der Waals surface area contributed by atoms with Crippen molar-refractivity contribution in [3.8, 4) is 0 Å². The van der Waals surface area contributed by atoms with Crippen LogP contribution in [-0.2, 0) is 6.42 Å². The van der Waals surface area contributed by atoms with Gasteiger partial charge in [-0.3, -0.25) is 0 Å². The quantitative estimate of drug-likeness (QED) is 0.752. The molecule has 0 unspecified atom stereocenters. The standard InChI is InChI=1S/C9H15FN4/c1-3-7-13-8(11-2)6-9(14-7)12-5-4-10/h6H,3-5H2,1-2H3,(H2,11,12,13,14). The summed E-state index contributed by atoms with van der Waals surface area (Å²) in [6.07, 6.45) is 0.764. The number of aromatic nitrogens is 2. The summed E-state index contributed by atoms with van der Waals surface area (Å²) in [5.41, 5.74) is 0. The normalized spacial score (nSPS) is 9.93. The van der Waals surface area contributed by atoms with Crippen LogP contribution in [0, 0.1) is 0 Å². The Morgan fingerprint density at radius 3 is 2.64 bits per heavy atom. The fourth-order valence-electron chi connectivity index (χ4n) is 1.05. The van der Waals surface area contributed by atoms with Crippen LogP contribution in [0.3, 0.4) is 0 Å². The largest absolute Gasteiger partial charge is 0.373 e. The fourth-order valence-corrected chi connectivity index (χ4v) is 1.05. The molecule has 0 bridgehead atoms. The van der Waals surface area contributed by atoms with Crippen molar-refractivity contribution in [3.63, 3.8) is 0 Å². The monoisotopic (exact) mass is 198 g/mol. The predicted octanol–water partition coefficient (Wildman–Crippen LogP) is 1.46. The van der Waals surface area contributed by atoms with Crippen LogP contribution in [0.25, 0.3) is 0 Å². The number of nitrogens with zero attached hydrogens (tertiary/aromatic N) is 2. The third kappa shape index (κ3) is 2.83. The lowest BCUT2D eigenvalue weighted by Gasteiger charge is -2.07. The van der Waals surface area contributed by atoms with Crippen LogP contribution in [-0.4, -0.2) is 30.2 Å². The van der Waals surface area contributed by atoms with Gasteiger partial charge >= 0.3 is 0 Å². The first-order chi connectivity index (χ1) is 6.80. The van der Waals surface area contributed by atoms with Crippen LogP contribution in [0.5, 0.6) is 0 Å². The molecule has 0 radical (unpaired) electrons. The number of hydrogen-bond donors (Lipinski definition) is 2. The van der Waals surface area contributed by atoms with Gasteiger partial charge in [0, 0.05) is 26.1 Å². The van der Waals surface area contributed by atoms with E-state index in [1.807, 2.05) is 6.92 Å². The number of nitrogens with one attached hydrogen (secondary N) is 2. The first-order valence-electron chi connectivity index (χ1n) is 4.65. The maximum atomic E-state index is 11.9. The van der Waals surface area contributed by atoms with Gasteiger partial charge < -0.3 is 10.6 Å². The molecule has 1 aromatic rings. The van der Waals surface area contributed by atoms with Crippen molar-refractivity contribution in [3.05, 3.63) is 11.9 Å². The molecular weight excluding hydrogens is 183 g/mol. The predicted molar refractivity (Wildman–Crippen MR) is 55.4 cm³/mol. The van der Waals surface area contributed by atoms with E-state index in [1.165, 1.54) is 0 Å². The average Bonchev–Trinajstić information content (AvgIpc) is 2.25. The van der Waals surface area contributed by atoms with E-state index in [0.29, 0.717) is 5.82 Å². The smallest absolute Gasteiger partial charge is 0.132 e. The van der Waals surface area contributed by atoms with Crippen molar-refractivity contribution in [2.45, 2.75) is 13.3 Å². The van der Waals surface area contributed by atoms with Crippen molar-refractivity contribution in [2.75, 3.05) is 30.9 Å². The lowest BCUT2D eigenvalue weighted by molar-refractivity contribution is 0.512. The summed E-state index contributed by atoms with van der Waals surface area (Å²) in [5, 5.41) is 5.81. The number of hydrogen-bond acceptors (Lipinski definition) is 4. The molecule has 4 nitrogen and oxygen atoms in total. The van der Waals surface area contributed by atoms with Gasteiger partial charge in [-0.05, 0) is 0 Å². The van der Waals surface area contributed by atoms with Crippen molar-refractivity contribution in [1.29, 1.82) is 0 Å². The molecule has 0 aromatic carbocycles. The van der Waals surface area contributed by atoms with E-state index in [1.54, 1.807) is 13.1 Å². The van der Waals surface area contributed by atoms with Gasteiger partial charge in [-0.1, -0.05) is 6.92 Å². The molecule has 0 aliphatic heterocycles. The van der Waals surface area contributed by atoms with E-state index >= 15 is 0 Å². The number of rotatable bonds is 5. The Morgan fingerprint density at radius 2 is 2.07 bits per heavy atom. The molecule has 0 saturated carbocycles. The zero-order valence-corrected chi connectivity index (χ0v) is 8.47. The highest BCUT2D eigenvalue weighted by atomic mass is 19.1. The van der Waals surface area contributed by atoms with Gasteiger partial charge in [0.15, 0.2) is 0 Å². The topological polar surface area (TPSA) is 49.8 Å². The Balaban J connectivity index is 2.81. The van der Waals surface area contributed by atoms with Crippen molar-refractivity contribution in [1.82, 2.24) is 9.97 Å². The van der Waals surface area contributed by atoms with Crippen molar-refractivity contribution in [2.24, 2.45) is 0 Å². The van der Waals surface area contributed by atoms with Crippen LogP contribution in [0.2, 0.25) is 0 Å². The first-order valence-corrected chi connectivity index (χ1v) is 4.65. The van der Waals surface area contributed by atoms with Gasteiger partial charge in [-0.2, -0.15) is 0 Å². The summed E-state index contributed by atoms with van der Waals surface area (Å²) in [4.78, 5) is 8.43. The molecule has 0 aliphatic rings. The third-order valence-corrected chi connectivity index (χ3v) is 1.75. The maximum Gasteiger partial charge on any atom is 0.132 e. The molecular formula is C9H15FN4. The van der Waals surface area contributed by atoms with Gasteiger partial charge in [-0.15, -0.1) is 0 Å². The summed E-state index contributed by atoms with van der Waals surface area (Å²) >= 11 is 0. The highest BCUT2D eigenvalue weighted by Crippen LogP contribution is 2.10. The molecule has 0 amide bonds. The Kier molecular flexibility index (Phi) is 4.10. The molecule has 1 heterocycles. The minimum atomic E-state index is -0.402.